The van der Waals surface area contributed by atoms with E-state index >= 15 is 0 Å². The van der Waals surface area contributed by atoms with Crippen LogP contribution >= 0.6 is 11.6 Å². The van der Waals surface area contributed by atoms with E-state index in [-0.39, 0.29) is 0 Å². The van der Waals surface area contributed by atoms with Crippen molar-refractivity contribution in [3.05, 3.63) is 59.1 Å². The molecule has 0 spiro atoms. The largest absolute Gasteiger partial charge is 0.467 e. The van der Waals surface area contributed by atoms with Crippen LogP contribution in [0.2, 0.25) is 5.02 Å². The molecule has 2 aromatic rings. The molecule has 0 heterocycles. The first-order valence-electron chi connectivity index (χ1n) is 9.58. The summed E-state index contributed by atoms with van der Waals surface area (Å²) in [4.78, 5) is 24.5. The average Bonchev–Trinajstić information content (AvgIpc) is 2.67. The Balaban J connectivity index is 2.21. The molecule has 1 amide bonds. The van der Waals surface area contributed by atoms with Gasteiger partial charge in [0.2, 0.25) is 0 Å². The molecule has 7 heteroatoms. The topological polar surface area (TPSA) is 73.9 Å². The predicted molar refractivity (Wildman–Crippen MR) is 117 cm³/mol. The van der Waals surface area contributed by atoms with E-state index in [2.05, 4.69) is 5.32 Å². The summed E-state index contributed by atoms with van der Waals surface area (Å²) in [5, 5.41) is 3.40. The van der Waals surface area contributed by atoms with Gasteiger partial charge in [0.25, 0.3) is 0 Å². The van der Waals surface area contributed by atoms with Crippen LogP contribution in [0.25, 0.3) is 11.1 Å². The van der Waals surface area contributed by atoms with E-state index in [1.165, 1.54) is 14.2 Å². The first-order chi connectivity index (χ1) is 14.1. The van der Waals surface area contributed by atoms with E-state index < -0.39 is 29.8 Å². The molecule has 2 atom stereocenters. The van der Waals surface area contributed by atoms with Gasteiger partial charge in [0.05, 0.1) is 13.2 Å². The lowest BCUT2D eigenvalue weighted by Crippen LogP contribution is -2.50. The third kappa shape index (κ3) is 7.04. The monoisotopic (exact) mass is 433 g/mol. The molecule has 0 fully saturated rings. The summed E-state index contributed by atoms with van der Waals surface area (Å²) in [7, 11) is 2.67. The number of amides is 1. The minimum absolute atomic E-state index is 0.350. The van der Waals surface area contributed by atoms with Crippen LogP contribution in [0.3, 0.4) is 0 Å². The molecule has 0 aromatic heterocycles. The van der Waals surface area contributed by atoms with Gasteiger partial charge in [0.15, 0.2) is 6.10 Å². The SMILES string of the molecule is COC(=O)[C@H](OC)C(Cc1ccc(-c2cccc(Cl)c2)cc1)NC(=O)OC(C)(C)C. The number of nitrogens with one attached hydrogen (secondary N) is 1. The van der Waals surface area contributed by atoms with Gasteiger partial charge in [-0.3, -0.25) is 0 Å². The Morgan fingerprint density at radius 2 is 1.70 bits per heavy atom. The number of carbonyl (C=O) groups is 2. The van der Waals surface area contributed by atoms with Gasteiger partial charge < -0.3 is 19.5 Å². The summed E-state index contributed by atoms with van der Waals surface area (Å²) in [5.74, 6) is -0.575. The van der Waals surface area contributed by atoms with Crippen LogP contribution in [0.4, 0.5) is 4.79 Å². The molecule has 162 valence electrons. The predicted octanol–water partition coefficient (Wildman–Crippen LogP) is 4.63. The van der Waals surface area contributed by atoms with E-state index in [4.69, 9.17) is 25.8 Å². The fourth-order valence-electron chi connectivity index (χ4n) is 2.99. The van der Waals surface area contributed by atoms with Gasteiger partial charge in [0, 0.05) is 12.1 Å². The van der Waals surface area contributed by atoms with Gasteiger partial charge in [-0.05, 0) is 56.0 Å². The summed E-state index contributed by atoms with van der Waals surface area (Å²) in [6, 6.07) is 14.7. The highest BCUT2D eigenvalue weighted by molar-refractivity contribution is 6.30. The molecular formula is C23H28ClNO5. The first-order valence-corrected chi connectivity index (χ1v) is 9.95. The number of methoxy groups -OCH3 is 2. The standard InChI is InChI=1S/C23H28ClNO5/c1-23(2,3)30-22(27)25-19(20(28-4)21(26)29-5)13-15-9-11-16(12-10-15)17-7-6-8-18(24)14-17/h6-12,14,19-20H,13H2,1-5H3,(H,25,27)/t19?,20-/m1/s1. The van der Waals surface area contributed by atoms with Crippen LogP contribution in [0, 0.1) is 0 Å². The Kier molecular flexibility index (Phi) is 8.26. The van der Waals surface area contributed by atoms with Crippen LogP contribution < -0.4 is 5.32 Å². The second-order valence-electron chi connectivity index (χ2n) is 7.84. The maximum Gasteiger partial charge on any atom is 0.407 e. The minimum Gasteiger partial charge on any atom is -0.467 e. The zero-order valence-corrected chi connectivity index (χ0v) is 18.7. The zero-order valence-electron chi connectivity index (χ0n) is 17.9. The lowest BCUT2D eigenvalue weighted by molar-refractivity contribution is -0.154. The van der Waals surface area contributed by atoms with Crippen LogP contribution in [0.1, 0.15) is 26.3 Å². The molecule has 2 aromatic carbocycles. The Morgan fingerprint density at radius 3 is 2.23 bits per heavy atom. The van der Waals surface area contributed by atoms with Crippen molar-refractivity contribution >= 4 is 23.7 Å². The van der Waals surface area contributed by atoms with Crippen molar-refractivity contribution in [3.8, 4) is 11.1 Å². The summed E-state index contributed by atoms with van der Waals surface area (Å²) in [5.41, 5.74) is 2.25. The van der Waals surface area contributed by atoms with E-state index in [0.717, 1.165) is 16.7 Å². The number of rotatable bonds is 7. The molecule has 6 nitrogen and oxygen atoms in total. The van der Waals surface area contributed by atoms with Gasteiger partial charge in [-0.2, -0.15) is 0 Å². The van der Waals surface area contributed by atoms with Crippen molar-refractivity contribution < 1.29 is 23.8 Å². The zero-order chi connectivity index (χ0) is 22.3. The van der Waals surface area contributed by atoms with Crippen molar-refractivity contribution in [1.82, 2.24) is 5.32 Å². The summed E-state index contributed by atoms with van der Waals surface area (Å²) >= 11 is 6.07. The lowest BCUT2D eigenvalue weighted by Gasteiger charge is -2.27. The maximum atomic E-state index is 12.3. The number of ether oxygens (including phenoxy) is 3. The van der Waals surface area contributed by atoms with Gasteiger partial charge in [0.1, 0.15) is 5.60 Å². The Bertz CT molecular complexity index is 861. The van der Waals surface area contributed by atoms with E-state index in [1.807, 2.05) is 48.5 Å². The lowest BCUT2D eigenvalue weighted by atomic mass is 9.98. The van der Waals surface area contributed by atoms with Crippen molar-refractivity contribution in [1.29, 1.82) is 0 Å². The summed E-state index contributed by atoms with van der Waals surface area (Å²) in [6.45, 7) is 5.30. The highest BCUT2D eigenvalue weighted by Crippen LogP contribution is 2.23. The van der Waals surface area contributed by atoms with Crippen LogP contribution in [-0.2, 0) is 25.4 Å². The molecule has 0 radical (unpaired) electrons. The number of hydrogen-bond acceptors (Lipinski definition) is 5. The smallest absolute Gasteiger partial charge is 0.407 e. The van der Waals surface area contributed by atoms with E-state index in [1.54, 1.807) is 20.8 Å². The second kappa shape index (κ2) is 10.5. The van der Waals surface area contributed by atoms with Crippen molar-refractivity contribution in [2.75, 3.05) is 14.2 Å². The molecule has 0 aliphatic heterocycles. The Labute approximate surface area is 182 Å². The van der Waals surface area contributed by atoms with E-state index in [9.17, 15) is 9.59 Å². The van der Waals surface area contributed by atoms with Crippen LogP contribution in [0.5, 0.6) is 0 Å². The van der Waals surface area contributed by atoms with Crippen LogP contribution in [0.15, 0.2) is 48.5 Å². The molecule has 2 rings (SSSR count). The third-order valence-electron chi connectivity index (χ3n) is 4.32. The number of hydrogen-bond donors (Lipinski definition) is 1. The normalized spacial score (nSPS) is 13.3. The molecule has 1 N–H and O–H groups in total. The first kappa shape index (κ1) is 23.7. The second-order valence-corrected chi connectivity index (χ2v) is 8.28. The summed E-state index contributed by atoms with van der Waals surface area (Å²) in [6.07, 6.45) is -1.26. The van der Waals surface area contributed by atoms with Crippen molar-refractivity contribution in [2.24, 2.45) is 0 Å². The van der Waals surface area contributed by atoms with Gasteiger partial charge in [-0.1, -0.05) is 48.0 Å². The maximum absolute atomic E-state index is 12.3. The minimum atomic E-state index is -0.977. The van der Waals surface area contributed by atoms with Crippen LogP contribution in [-0.4, -0.2) is 44.0 Å². The molecule has 1 unspecified atom stereocenters. The molecule has 0 saturated carbocycles. The number of benzene rings is 2. The molecule has 30 heavy (non-hydrogen) atoms. The highest BCUT2D eigenvalue weighted by atomic mass is 35.5. The quantitative estimate of drug-likeness (QED) is 0.644. The number of esters is 1. The highest BCUT2D eigenvalue weighted by Gasteiger charge is 2.32. The summed E-state index contributed by atoms with van der Waals surface area (Å²) < 4.78 is 15.5. The number of alkyl carbamates (subject to hydrolysis) is 1. The molecule has 0 bridgehead atoms. The third-order valence-corrected chi connectivity index (χ3v) is 4.56. The van der Waals surface area contributed by atoms with Gasteiger partial charge >= 0.3 is 12.1 Å². The van der Waals surface area contributed by atoms with E-state index in [0.29, 0.717) is 11.4 Å². The molecule has 0 aliphatic rings. The average molecular weight is 434 g/mol. The van der Waals surface area contributed by atoms with Gasteiger partial charge in [-0.25, -0.2) is 9.59 Å². The van der Waals surface area contributed by atoms with Crippen molar-refractivity contribution in [3.63, 3.8) is 0 Å². The van der Waals surface area contributed by atoms with Crippen molar-refractivity contribution in [2.45, 2.75) is 44.9 Å². The molecule has 0 saturated heterocycles. The number of halogens is 1. The fraction of sp³-hybridized carbons (Fsp3) is 0.391. The molecular weight excluding hydrogens is 406 g/mol. The Hall–Kier alpha value is -2.57. The number of carbonyl (C=O) groups excluding carboxylic acids is 2. The molecule has 0 aliphatic carbocycles. The Morgan fingerprint density at radius 1 is 1.03 bits per heavy atom. The van der Waals surface area contributed by atoms with Gasteiger partial charge in [-0.15, -0.1) is 0 Å². The fourth-order valence-corrected chi connectivity index (χ4v) is 3.18.